The molecule has 0 aliphatic heterocycles. The zero-order valence-electron chi connectivity index (χ0n) is 21.0. The molecule has 0 fully saturated rings. The Labute approximate surface area is 214 Å². The number of aliphatic hydroxyl groups is 1. The van der Waals surface area contributed by atoms with Gasteiger partial charge >= 0.3 is 0 Å². The number of benzene rings is 3. The van der Waals surface area contributed by atoms with E-state index in [1.807, 2.05) is 59.3 Å². The number of aliphatic hydroxyl groups excluding tert-OH is 1. The van der Waals surface area contributed by atoms with Crippen LogP contribution < -0.4 is 15.4 Å². The highest BCUT2D eigenvalue weighted by Gasteiger charge is 2.16. The minimum Gasteiger partial charge on any atom is -0.387 e. The molecule has 0 unspecified atom stereocenters. The topological polar surface area (TPSA) is 108 Å². The van der Waals surface area contributed by atoms with Gasteiger partial charge in [0, 0.05) is 18.8 Å². The summed E-state index contributed by atoms with van der Waals surface area (Å²) in [6.45, 7) is 6.00. The molecular formula is C28H35N3O4S. The zero-order valence-corrected chi connectivity index (χ0v) is 21.8. The molecule has 36 heavy (non-hydrogen) atoms. The molecule has 3 aromatic carbocycles. The summed E-state index contributed by atoms with van der Waals surface area (Å²) in [5, 5.41) is 16.8. The number of carbonyl (C=O) groups excluding carboxylic acids is 1. The van der Waals surface area contributed by atoms with Gasteiger partial charge in [-0.25, -0.2) is 13.1 Å². The van der Waals surface area contributed by atoms with E-state index in [9.17, 15) is 18.3 Å². The summed E-state index contributed by atoms with van der Waals surface area (Å²) in [5.74, 6) is -0.309. The molecule has 0 aliphatic carbocycles. The second-order valence-corrected chi connectivity index (χ2v) is 11.1. The van der Waals surface area contributed by atoms with Crippen LogP contribution >= 0.6 is 0 Å². The number of amides is 1. The third-order valence-corrected chi connectivity index (χ3v) is 6.20. The molecule has 1 amide bonds. The number of carbonyl (C=O) groups is 1. The Morgan fingerprint density at radius 1 is 0.917 bits per heavy atom. The summed E-state index contributed by atoms with van der Waals surface area (Å²) < 4.78 is 25.1. The van der Waals surface area contributed by atoms with E-state index in [4.69, 9.17) is 0 Å². The first-order valence-electron chi connectivity index (χ1n) is 12.1. The molecule has 3 aromatic rings. The number of rotatable bonds is 12. The highest BCUT2D eigenvalue weighted by Crippen LogP contribution is 2.27. The Morgan fingerprint density at radius 3 is 2.22 bits per heavy atom. The van der Waals surface area contributed by atoms with Gasteiger partial charge in [0.1, 0.15) is 0 Å². The summed E-state index contributed by atoms with van der Waals surface area (Å²) in [4.78, 5) is 12.5. The SMILES string of the molecule is CC(C)CNc1cc(-c2ccc(CCNC[C@@H](O)c3ccccc3)cc2)ccc1C(=O)NS(C)(=O)=O. The van der Waals surface area contributed by atoms with Crippen LogP contribution in [-0.4, -0.2) is 45.3 Å². The molecule has 4 N–H and O–H groups in total. The van der Waals surface area contributed by atoms with E-state index in [-0.39, 0.29) is 5.56 Å². The van der Waals surface area contributed by atoms with Crippen molar-refractivity contribution in [2.75, 3.05) is 31.2 Å². The van der Waals surface area contributed by atoms with Gasteiger partial charge in [-0.15, -0.1) is 0 Å². The summed E-state index contributed by atoms with van der Waals surface area (Å²) in [6.07, 6.45) is 1.26. The van der Waals surface area contributed by atoms with E-state index in [2.05, 4.69) is 36.6 Å². The van der Waals surface area contributed by atoms with Gasteiger partial charge < -0.3 is 15.7 Å². The van der Waals surface area contributed by atoms with Gasteiger partial charge in [0.05, 0.1) is 17.9 Å². The molecule has 0 heterocycles. The first kappa shape index (κ1) is 27.4. The van der Waals surface area contributed by atoms with Crippen LogP contribution in [0.3, 0.4) is 0 Å². The average molecular weight is 510 g/mol. The number of hydrogen-bond acceptors (Lipinski definition) is 6. The van der Waals surface area contributed by atoms with Crippen LogP contribution in [0.5, 0.6) is 0 Å². The monoisotopic (exact) mass is 509 g/mol. The summed E-state index contributed by atoms with van der Waals surface area (Å²) in [7, 11) is -3.66. The Hall–Kier alpha value is -3.20. The van der Waals surface area contributed by atoms with Crippen molar-refractivity contribution in [3.05, 3.63) is 89.5 Å². The van der Waals surface area contributed by atoms with E-state index in [0.29, 0.717) is 24.7 Å². The molecule has 192 valence electrons. The van der Waals surface area contributed by atoms with Gasteiger partial charge in [-0.2, -0.15) is 0 Å². The third-order valence-electron chi connectivity index (χ3n) is 5.64. The van der Waals surface area contributed by atoms with Gasteiger partial charge in [-0.1, -0.05) is 74.5 Å². The Kier molecular flexibility index (Phi) is 9.64. The van der Waals surface area contributed by atoms with E-state index in [1.54, 1.807) is 6.07 Å². The summed E-state index contributed by atoms with van der Waals surface area (Å²) >= 11 is 0. The van der Waals surface area contributed by atoms with Crippen LogP contribution in [0.4, 0.5) is 5.69 Å². The number of sulfonamides is 1. The Balaban J connectivity index is 1.64. The van der Waals surface area contributed by atoms with Gasteiger partial charge in [-0.3, -0.25) is 4.79 Å². The molecule has 0 aliphatic rings. The molecular weight excluding hydrogens is 474 g/mol. The maximum atomic E-state index is 12.5. The highest BCUT2D eigenvalue weighted by atomic mass is 32.2. The minimum absolute atomic E-state index is 0.283. The lowest BCUT2D eigenvalue weighted by Crippen LogP contribution is -2.30. The first-order valence-corrected chi connectivity index (χ1v) is 13.9. The van der Waals surface area contributed by atoms with Crippen LogP contribution in [0.1, 0.15) is 41.4 Å². The maximum absolute atomic E-state index is 12.5. The van der Waals surface area contributed by atoms with Crippen molar-refractivity contribution >= 4 is 21.6 Å². The van der Waals surface area contributed by atoms with Crippen LogP contribution in [-0.2, 0) is 16.4 Å². The summed E-state index contributed by atoms with van der Waals surface area (Å²) in [5.41, 5.74) is 4.86. The standard InChI is InChI=1S/C28H35N3O4S/c1-20(2)18-30-26-17-24(13-14-25(26)28(33)31-36(3,34)35)22-11-9-21(10-12-22)15-16-29-19-27(32)23-7-5-4-6-8-23/h4-14,17,20,27,29-30,32H,15-16,18-19H2,1-3H3,(H,31,33)/t27-/m1/s1. The fourth-order valence-electron chi connectivity index (χ4n) is 3.73. The molecule has 7 nitrogen and oxygen atoms in total. The smallest absolute Gasteiger partial charge is 0.266 e. The van der Waals surface area contributed by atoms with Gasteiger partial charge in [0.15, 0.2) is 0 Å². The Bertz CT molecular complexity index is 1240. The van der Waals surface area contributed by atoms with Crippen LogP contribution in [0.2, 0.25) is 0 Å². The van der Waals surface area contributed by atoms with Crippen molar-refractivity contribution in [3.63, 3.8) is 0 Å². The Morgan fingerprint density at radius 2 is 1.58 bits per heavy atom. The molecule has 0 bridgehead atoms. The van der Waals surface area contributed by atoms with E-state index in [0.717, 1.165) is 35.9 Å². The molecule has 8 heteroatoms. The third kappa shape index (κ3) is 8.48. The normalized spacial score (nSPS) is 12.4. The van der Waals surface area contributed by atoms with Crippen molar-refractivity contribution in [1.29, 1.82) is 0 Å². The van der Waals surface area contributed by atoms with Crippen molar-refractivity contribution < 1.29 is 18.3 Å². The highest BCUT2D eigenvalue weighted by molar-refractivity contribution is 7.89. The number of anilines is 1. The lowest BCUT2D eigenvalue weighted by Gasteiger charge is -2.15. The molecule has 0 saturated carbocycles. The van der Waals surface area contributed by atoms with Gasteiger partial charge in [0.25, 0.3) is 5.91 Å². The lowest BCUT2D eigenvalue weighted by atomic mass is 10.00. The van der Waals surface area contributed by atoms with Crippen LogP contribution in [0, 0.1) is 5.92 Å². The van der Waals surface area contributed by atoms with Gasteiger partial charge in [-0.05, 0) is 53.3 Å². The van der Waals surface area contributed by atoms with Crippen molar-refractivity contribution in [1.82, 2.24) is 10.0 Å². The fraction of sp³-hybridized carbons (Fsp3) is 0.321. The zero-order chi connectivity index (χ0) is 26.1. The lowest BCUT2D eigenvalue weighted by molar-refractivity contribution is 0.0982. The second-order valence-electron chi connectivity index (χ2n) is 9.32. The molecule has 0 saturated heterocycles. The molecule has 0 radical (unpaired) electrons. The second kappa shape index (κ2) is 12.7. The minimum atomic E-state index is -3.66. The van der Waals surface area contributed by atoms with Crippen LogP contribution in [0.25, 0.3) is 11.1 Å². The quantitative estimate of drug-likeness (QED) is 0.275. The van der Waals surface area contributed by atoms with E-state index < -0.39 is 22.0 Å². The van der Waals surface area contributed by atoms with Crippen LogP contribution in [0.15, 0.2) is 72.8 Å². The van der Waals surface area contributed by atoms with Gasteiger partial charge in [0.2, 0.25) is 10.0 Å². The predicted octanol–water partition coefficient (Wildman–Crippen LogP) is 3.98. The predicted molar refractivity (Wildman–Crippen MR) is 145 cm³/mol. The van der Waals surface area contributed by atoms with Crippen molar-refractivity contribution in [2.24, 2.45) is 5.92 Å². The fourth-order valence-corrected chi connectivity index (χ4v) is 4.18. The molecule has 0 spiro atoms. The summed E-state index contributed by atoms with van der Waals surface area (Å²) in [6, 6.07) is 23.1. The molecule has 1 atom stereocenters. The van der Waals surface area contributed by atoms with E-state index >= 15 is 0 Å². The molecule has 3 rings (SSSR count). The average Bonchev–Trinajstić information content (AvgIpc) is 2.85. The first-order chi connectivity index (χ1) is 17.1. The van der Waals surface area contributed by atoms with Crippen molar-refractivity contribution in [3.8, 4) is 11.1 Å². The van der Waals surface area contributed by atoms with E-state index in [1.165, 1.54) is 5.56 Å². The molecule has 0 aromatic heterocycles. The largest absolute Gasteiger partial charge is 0.387 e. The number of nitrogens with one attached hydrogen (secondary N) is 3. The van der Waals surface area contributed by atoms with Crippen molar-refractivity contribution in [2.45, 2.75) is 26.4 Å². The maximum Gasteiger partial charge on any atom is 0.266 e. The number of hydrogen-bond donors (Lipinski definition) is 4.